The van der Waals surface area contributed by atoms with Crippen LogP contribution in [-0.2, 0) is 6.54 Å². The zero-order valence-corrected chi connectivity index (χ0v) is 15.8. The number of pyridine rings is 1. The summed E-state index contributed by atoms with van der Waals surface area (Å²) in [6.45, 7) is 4.37. The number of rotatable bonds is 9. The molecule has 2 aromatic carbocycles. The Labute approximate surface area is 159 Å². The maximum atomic E-state index is 5.83. The molecule has 0 aliphatic heterocycles. The third kappa shape index (κ3) is 5.61. The summed E-state index contributed by atoms with van der Waals surface area (Å²) in [4.78, 5) is 5.61. The minimum Gasteiger partial charge on any atom is -0.492 e. The summed E-state index contributed by atoms with van der Waals surface area (Å²) in [5.74, 6) is 2.00. The molecule has 0 bridgehead atoms. The van der Waals surface area contributed by atoms with Gasteiger partial charge in [0.2, 0.25) is 0 Å². The number of benzene rings is 2. The molecule has 1 N–H and O–H groups in total. The standard InChI is InChI=1S/C22H24N2OS/c1-2-26-22-10-6-9-21(14-22)25-12-11-23-15-18-13-20(17-24-16-18)19-7-4-3-5-8-19/h3-10,13-14,16-17,23H,2,11-12,15H2,1H3. The lowest BCUT2D eigenvalue weighted by molar-refractivity contribution is 0.313. The van der Waals surface area contributed by atoms with Crippen molar-refractivity contribution >= 4 is 11.8 Å². The number of thioether (sulfide) groups is 1. The average Bonchev–Trinajstić information content (AvgIpc) is 2.69. The second-order valence-electron chi connectivity index (χ2n) is 5.88. The minimum absolute atomic E-state index is 0.645. The zero-order chi connectivity index (χ0) is 18.0. The number of ether oxygens (including phenoxy) is 1. The Morgan fingerprint density at radius 1 is 0.962 bits per heavy atom. The molecule has 1 heterocycles. The van der Waals surface area contributed by atoms with Crippen LogP contribution in [-0.4, -0.2) is 23.9 Å². The first-order valence-corrected chi connectivity index (χ1v) is 9.89. The number of aromatic nitrogens is 1. The Morgan fingerprint density at radius 2 is 1.85 bits per heavy atom. The van der Waals surface area contributed by atoms with Gasteiger partial charge in [0.05, 0.1) is 0 Å². The van der Waals surface area contributed by atoms with Crippen molar-refractivity contribution in [1.29, 1.82) is 0 Å². The Hall–Kier alpha value is -2.30. The molecule has 0 fully saturated rings. The predicted molar refractivity (Wildman–Crippen MR) is 110 cm³/mol. The van der Waals surface area contributed by atoms with E-state index >= 15 is 0 Å². The van der Waals surface area contributed by atoms with E-state index in [4.69, 9.17) is 4.74 Å². The lowest BCUT2D eigenvalue weighted by Gasteiger charge is -2.09. The first-order chi connectivity index (χ1) is 12.8. The smallest absolute Gasteiger partial charge is 0.120 e. The van der Waals surface area contributed by atoms with Crippen LogP contribution in [0.3, 0.4) is 0 Å². The van der Waals surface area contributed by atoms with Gasteiger partial charge in [-0.2, -0.15) is 0 Å². The predicted octanol–water partition coefficient (Wildman–Crippen LogP) is 5.03. The first-order valence-electron chi connectivity index (χ1n) is 8.91. The lowest BCUT2D eigenvalue weighted by atomic mass is 10.1. The van der Waals surface area contributed by atoms with Crippen LogP contribution < -0.4 is 10.1 Å². The average molecular weight is 365 g/mol. The van der Waals surface area contributed by atoms with Crippen molar-refractivity contribution in [2.75, 3.05) is 18.9 Å². The third-order valence-electron chi connectivity index (χ3n) is 3.90. The fourth-order valence-corrected chi connectivity index (χ4v) is 3.37. The van der Waals surface area contributed by atoms with Gasteiger partial charge in [0.1, 0.15) is 12.4 Å². The Bertz CT molecular complexity index is 808. The summed E-state index contributed by atoms with van der Waals surface area (Å²) in [5, 5.41) is 3.42. The van der Waals surface area contributed by atoms with Gasteiger partial charge < -0.3 is 10.1 Å². The number of hydrogen-bond donors (Lipinski definition) is 1. The number of nitrogens with one attached hydrogen (secondary N) is 1. The minimum atomic E-state index is 0.645. The molecule has 0 aliphatic rings. The fraction of sp³-hybridized carbons (Fsp3) is 0.227. The van der Waals surface area contributed by atoms with Crippen LogP contribution in [0.15, 0.2) is 78.0 Å². The lowest BCUT2D eigenvalue weighted by Crippen LogP contribution is -2.20. The molecular weight excluding hydrogens is 340 g/mol. The van der Waals surface area contributed by atoms with Crippen LogP contribution in [0.5, 0.6) is 5.75 Å². The summed E-state index contributed by atoms with van der Waals surface area (Å²) in [5.41, 5.74) is 3.51. The summed E-state index contributed by atoms with van der Waals surface area (Å²) in [7, 11) is 0. The molecule has 0 spiro atoms. The molecule has 0 unspecified atom stereocenters. The zero-order valence-electron chi connectivity index (χ0n) is 15.0. The second-order valence-corrected chi connectivity index (χ2v) is 7.22. The summed E-state index contributed by atoms with van der Waals surface area (Å²) in [6.07, 6.45) is 3.81. The van der Waals surface area contributed by atoms with Crippen molar-refractivity contribution < 1.29 is 4.74 Å². The SMILES string of the molecule is CCSc1cccc(OCCNCc2cncc(-c3ccccc3)c2)c1. The molecule has 3 nitrogen and oxygen atoms in total. The molecule has 3 rings (SSSR count). The van der Waals surface area contributed by atoms with E-state index in [0.29, 0.717) is 6.61 Å². The molecule has 3 aromatic rings. The molecular formula is C22H24N2OS. The molecule has 0 aliphatic carbocycles. The van der Waals surface area contributed by atoms with Gasteiger partial charge in [-0.15, -0.1) is 11.8 Å². The summed E-state index contributed by atoms with van der Waals surface area (Å²) < 4.78 is 5.83. The van der Waals surface area contributed by atoms with Crippen molar-refractivity contribution in [2.24, 2.45) is 0 Å². The van der Waals surface area contributed by atoms with E-state index in [9.17, 15) is 0 Å². The summed E-state index contributed by atoms with van der Waals surface area (Å²) >= 11 is 1.83. The monoisotopic (exact) mass is 364 g/mol. The van der Waals surface area contributed by atoms with E-state index in [2.05, 4.69) is 47.6 Å². The Morgan fingerprint density at radius 3 is 2.69 bits per heavy atom. The topological polar surface area (TPSA) is 34.1 Å². The highest BCUT2D eigenvalue weighted by atomic mass is 32.2. The van der Waals surface area contributed by atoms with E-state index in [-0.39, 0.29) is 0 Å². The second kappa shape index (κ2) is 10.00. The van der Waals surface area contributed by atoms with E-state index in [1.54, 1.807) is 0 Å². The van der Waals surface area contributed by atoms with E-state index in [0.717, 1.165) is 30.2 Å². The largest absolute Gasteiger partial charge is 0.492 e. The van der Waals surface area contributed by atoms with Gasteiger partial charge in [-0.05, 0) is 41.1 Å². The van der Waals surface area contributed by atoms with Gasteiger partial charge in [-0.25, -0.2) is 0 Å². The highest BCUT2D eigenvalue weighted by Gasteiger charge is 2.00. The molecule has 1 aromatic heterocycles. The fourth-order valence-electron chi connectivity index (χ4n) is 2.67. The van der Waals surface area contributed by atoms with Crippen LogP contribution >= 0.6 is 11.8 Å². The van der Waals surface area contributed by atoms with Crippen molar-refractivity contribution in [3.63, 3.8) is 0 Å². The molecule has 0 saturated heterocycles. The van der Waals surface area contributed by atoms with E-state index in [1.165, 1.54) is 16.0 Å². The molecule has 134 valence electrons. The molecule has 0 amide bonds. The maximum absolute atomic E-state index is 5.83. The highest BCUT2D eigenvalue weighted by Crippen LogP contribution is 2.22. The van der Waals surface area contributed by atoms with Gasteiger partial charge in [0, 0.05) is 35.9 Å². The molecule has 0 atom stereocenters. The molecule has 0 radical (unpaired) electrons. The van der Waals surface area contributed by atoms with Gasteiger partial charge in [-0.1, -0.05) is 43.3 Å². The third-order valence-corrected chi connectivity index (χ3v) is 4.77. The number of nitrogens with zero attached hydrogens (tertiary/aromatic N) is 1. The van der Waals surface area contributed by atoms with Crippen molar-refractivity contribution in [2.45, 2.75) is 18.4 Å². The van der Waals surface area contributed by atoms with Crippen LogP contribution in [0.1, 0.15) is 12.5 Å². The summed E-state index contributed by atoms with van der Waals surface area (Å²) in [6, 6.07) is 20.8. The van der Waals surface area contributed by atoms with Gasteiger partial charge in [0.15, 0.2) is 0 Å². The van der Waals surface area contributed by atoms with Crippen molar-refractivity contribution in [1.82, 2.24) is 10.3 Å². The van der Waals surface area contributed by atoms with Gasteiger partial charge in [0.25, 0.3) is 0 Å². The Kier molecular flexibility index (Phi) is 7.11. The normalized spacial score (nSPS) is 10.7. The van der Waals surface area contributed by atoms with Gasteiger partial charge in [-0.3, -0.25) is 4.98 Å². The van der Waals surface area contributed by atoms with E-state index in [1.807, 2.05) is 54.5 Å². The number of hydrogen-bond acceptors (Lipinski definition) is 4. The highest BCUT2D eigenvalue weighted by molar-refractivity contribution is 7.99. The van der Waals surface area contributed by atoms with Crippen LogP contribution in [0, 0.1) is 0 Å². The van der Waals surface area contributed by atoms with Crippen LogP contribution in [0.25, 0.3) is 11.1 Å². The maximum Gasteiger partial charge on any atom is 0.120 e. The van der Waals surface area contributed by atoms with Crippen molar-refractivity contribution in [3.8, 4) is 16.9 Å². The quantitative estimate of drug-likeness (QED) is 0.426. The Balaban J connectivity index is 1.45. The first kappa shape index (κ1) is 18.5. The van der Waals surface area contributed by atoms with Gasteiger partial charge >= 0.3 is 0 Å². The van der Waals surface area contributed by atoms with Crippen LogP contribution in [0.2, 0.25) is 0 Å². The van der Waals surface area contributed by atoms with E-state index < -0.39 is 0 Å². The van der Waals surface area contributed by atoms with Crippen molar-refractivity contribution in [3.05, 3.63) is 78.6 Å². The molecule has 26 heavy (non-hydrogen) atoms. The molecule has 0 saturated carbocycles. The molecule has 4 heteroatoms. The van der Waals surface area contributed by atoms with Crippen LogP contribution in [0.4, 0.5) is 0 Å².